The number of esters is 1. The lowest BCUT2D eigenvalue weighted by atomic mass is 9.81. The van der Waals surface area contributed by atoms with E-state index in [1.54, 1.807) is 13.0 Å². The molecule has 6 nitrogen and oxygen atoms in total. The fraction of sp³-hybridized carbons (Fsp3) is 0.429. The average molecular weight is 404 g/mol. The second-order valence-corrected chi connectivity index (χ2v) is 9.34. The Labute approximate surface area is 168 Å². The first-order chi connectivity index (χ1) is 13.0. The quantitative estimate of drug-likeness (QED) is 0.539. The van der Waals surface area contributed by atoms with Crippen LogP contribution in [0.25, 0.3) is 0 Å². The van der Waals surface area contributed by atoms with Gasteiger partial charge >= 0.3 is 5.97 Å². The van der Waals surface area contributed by atoms with Gasteiger partial charge in [0, 0.05) is 24.3 Å². The van der Waals surface area contributed by atoms with Crippen LogP contribution < -0.4 is 5.32 Å². The normalized spacial score (nSPS) is 17.5. The molecule has 1 aliphatic heterocycles. The number of rotatable bonds is 4. The van der Waals surface area contributed by atoms with Gasteiger partial charge in [0.05, 0.1) is 17.0 Å². The molecule has 0 atom stereocenters. The maximum atomic E-state index is 12.8. The standard InChI is InChI=1S/C21H26N2O4S/c1-6-27-19(26)16-14-10-20(2,3)23-21(4,5)17(14)28-18(16)22-11-12-7-8-13(24)9-15(12)25/h7-9,11,23-25H,6,10H2,1-5H3/p+1/b22-11+. The summed E-state index contributed by atoms with van der Waals surface area (Å²) in [5.41, 5.74) is 1.76. The van der Waals surface area contributed by atoms with Crippen molar-refractivity contribution >= 4 is 28.5 Å². The fourth-order valence-electron chi connectivity index (χ4n) is 3.96. The second kappa shape index (κ2) is 7.22. The van der Waals surface area contributed by atoms with Gasteiger partial charge in [-0.2, -0.15) is 0 Å². The van der Waals surface area contributed by atoms with E-state index in [2.05, 4.69) is 38.0 Å². The summed E-state index contributed by atoms with van der Waals surface area (Å²) in [6.07, 6.45) is 2.26. The maximum Gasteiger partial charge on any atom is 0.341 e. The molecule has 28 heavy (non-hydrogen) atoms. The minimum Gasteiger partial charge on any atom is -0.508 e. The zero-order valence-corrected chi connectivity index (χ0v) is 17.7. The summed E-state index contributed by atoms with van der Waals surface area (Å²) >= 11 is 1.49. The Balaban J connectivity index is 2.12. The van der Waals surface area contributed by atoms with Crippen LogP contribution in [0.3, 0.4) is 0 Å². The number of hydrogen-bond acceptors (Lipinski definition) is 6. The highest BCUT2D eigenvalue weighted by atomic mass is 32.1. The molecule has 7 heteroatoms. The van der Waals surface area contributed by atoms with Crippen molar-refractivity contribution in [2.45, 2.75) is 52.1 Å². The number of aliphatic imine (C=N–C) groups is 1. The molecule has 0 bridgehead atoms. The summed E-state index contributed by atoms with van der Waals surface area (Å²) in [6, 6.07) is 4.31. The summed E-state index contributed by atoms with van der Waals surface area (Å²) in [5.74, 6) is -0.457. The van der Waals surface area contributed by atoms with Crippen molar-refractivity contribution in [1.29, 1.82) is 0 Å². The predicted molar refractivity (Wildman–Crippen MR) is 110 cm³/mol. The molecule has 0 unspecified atom stereocenters. The van der Waals surface area contributed by atoms with Crippen LogP contribution in [0.2, 0.25) is 0 Å². The Bertz CT molecular complexity index is 944. The third-order valence-corrected chi connectivity index (χ3v) is 6.25. The van der Waals surface area contributed by atoms with Crippen molar-refractivity contribution in [3.8, 4) is 11.5 Å². The van der Waals surface area contributed by atoms with Crippen LogP contribution in [0.15, 0.2) is 23.2 Å². The van der Waals surface area contributed by atoms with Crippen molar-refractivity contribution in [3.05, 3.63) is 39.8 Å². The number of phenols is 2. The van der Waals surface area contributed by atoms with Gasteiger partial charge in [-0.25, -0.2) is 9.79 Å². The highest BCUT2D eigenvalue weighted by Gasteiger charge is 2.45. The average Bonchev–Trinajstić information content (AvgIpc) is 2.91. The van der Waals surface area contributed by atoms with Gasteiger partial charge in [-0.3, -0.25) is 0 Å². The monoisotopic (exact) mass is 403 g/mol. The Morgan fingerprint density at radius 3 is 2.68 bits per heavy atom. The van der Waals surface area contributed by atoms with E-state index in [0.29, 0.717) is 22.7 Å². The highest BCUT2D eigenvalue weighted by molar-refractivity contribution is 7.16. The largest absolute Gasteiger partial charge is 0.508 e. The van der Waals surface area contributed by atoms with Gasteiger partial charge in [-0.05, 0) is 52.3 Å². The van der Waals surface area contributed by atoms with E-state index in [1.165, 1.54) is 29.7 Å². The summed E-state index contributed by atoms with van der Waals surface area (Å²) in [4.78, 5) is 18.4. The van der Waals surface area contributed by atoms with E-state index in [-0.39, 0.29) is 28.5 Å². The van der Waals surface area contributed by atoms with E-state index in [9.17, 15) is 15.0 Å². The molecule has 1 aromatic heterocycles. The second-order valence-electron chi connectivity index (χ2n) is 8.34. The number of benzene rings is 1. The first-order valence-electron chi connectivity index (χ1n) is 9.30. The Morgan fingerprint density at radius 1 is 1.32 bits per heavy atom. The number of phenolic OH excluding ortho intramolecular Hbond substituents is 2. The van der Waals surface area contributed by atoms with Crippen LogP contribution in [0.5, 0.6) is 11.5 Å². The molecule has 2 heterocycles. The van der Waals surface area contributed by atoms with Gasteiger partial charge in [0.2, 0.25) is 0 Å². The number of aromatic hydroxyl groups is 2. The number of carbonyl (C=O) groups is 1. The molecule has 0 saturated heterocycles. The summed E-state index contributed by atoms with van der Waals surface area (Å²) in [7, 11) is 0. The third kappa shape index (κ3) is 3.91. The lowest BCUT2D eigenvalue weighted by molar-refractivity contribution is -0.789. The van der Waals surface area contributed by atoms with Crippen LogP contribution in [-0.4, -0.2) is 34.5 Å². The molecule has 0 amide bonds. The van der Waals surface area contributed by atoms with Gasteiger partial charge < -0.3 is 20.3 Å². The molecule has 150 valence electrons. The van der Waals surface area contributed by atoms with E-state index in [1.807, 2.05) is 0 Å². The summed E-state index contributed by atoms with van der Waals surface area (Å²) in [6.45, 7) is 10.7. The molecule has 0 aliphatic carbocycles. The molecule has 3 rings (SSSR count). The van der Waals surface area contributed by atoms with Gasteiger partial charge in [0.25, 0.3) is 0 Å². The fourth-order valence-corrected chi connectivity index (χ4v) is 5.19. The first-order valence-corrected chi connectivity index (χ1v) is 10.1. The van der Waals surface area contributed by atoms with Crippen LogP contribution in [0.4, 0.5) is 5.00 Å². The lowest BCUT2D eigenvalue weighted by Gasteiger charge is -2.38. The highest BCUT2D eigenvalue weighted by Crippen LogP contribution is 2.43. The van der Waals surface area contributed by atoms with Crippen molar-refractivity contribution in [1.82, 2.24) is 0 Å². The van der Waals surface area contributed by atoms with E-state index in [4.69, 9.17) is 4.74 Å². The van der Waals surface area contributed by atoms with Crippen molar-refractivity contribution < 1.29 is 25.1 Å². The number of carbonyl (C=O) groups excluding carboxylic acids is 1. The summed E-state index contributed by atoms with van der Waals surface area (Å²) < 4.78 is 5.32. The van der Waals surface area contributed by atoms with Gasteiger partial charge in [0.15, 0.2) is 0 Å². The molecular weight excluding hydrogens is 376 g/mol. The predicted octanol–water partition coefficient (Wildman–Crippen LogP) is 3.22. The number of nitrogens with zero attached hydrogens (tertiary/aromatic N) is 1. The molecule has 0 saturated carbocycles. The Morgan fingerprint density at radius 2 is 2.04 bits per heavy atom. The molecule has 2 aromatic rings. The van der Waals surface area contributed by atoms with Crippen LogP contribution in [0.1, 0.15) is 61.0 Å². The SMILES string of the molecule is CCOC(=O)c1c(/N=C/c2ccc(O)cc2O)sc2c1CC(C)(C)[NH2+]C2(C)C. The third-order valence-electron chi connectivity index (χ3n) is 4.77. The van der Waals surface area contributed by atoms with Gasteiger partial charge in [-0.15, -0.1) is 11.3 Å². The van der Waals surface area contributed by atoms with E-state index in [0.717, 1.165) is 16.9 Å². The van der Waals surface area contributed by atoms with Gasteiger partial charge in [0.1, 0.15) is 27.6 Å². The number of quaternary nitrogens is 1. The molecule has 1 aromatic carbocycles. The van der Waals surface area contributed by atoms with Crippen LogP contribution >= 0.6 is 11.3 Å². The van der Waals surface area contributed by atoms with Crippen LogP contribution in [0, 0.1) is 0 Å². The van der Waals surface area contributed by atoms with Crippen molar-refractivity contribution in [2.24, 2.45) is 4.99 Å². The minimum atomic E-state index is -0.365. The molecular formula is C21H27N2O4S+. The summed E-state index contributed by atoms with van der Waals surface area (Å²) in [5, 5.41) is 22.4. The molecule has 0 spiro atoms. The van der Waals surface area contributed by atoms with Gasteiger partial charge in [-0.1, -0.05) is 0 Å². The number of thiophene rings is 1. The molecule has 0 fully saturated rings. The van der Waals surface area contributed by atoms with E-state index >= 15 is 0 Å². The molecule has 0 radical (unpaired) electrons. The Hall–Kier alpha value is -2.38. The number of fused-ring (bicyclic) bond motifs is 1. The molecule has 1 aliphatic rings. The first kappa shape index (κ1) is 20.4. The smallest absolute Gasteiger partial charge is 0.341 e. The molecule has 4 N–H and O–H groups in total. The van der Waals surface area contributed by atoms with E-state index < -0.39 is 0 Å². The zero-order chi connectivity index (χ0) is 20.7. The van der Waals surface area contributed by atoms with Crippen molar-refractivity contribution in [3.63, 3.8) is 0 Å². The lowest BCUT2D eigenvalue weighted by Crippen LogP contribution is -3.03. The van der Waals surface area contributed by atoms with Crippen molar-refractivity contribution in [2.75, 3.05) is 6.61 Å². The van der Waals surface area contributed by atoms with Crippen LogP contribution in [-0.2, 0) is 16.7 Å². The number of nitrogens with two attached hydrogens (primary N) is 1. The topological polar surface area (TPSA) is 95.7 Å². The maximum absolute atomic E-state index is 12.8. The number of ether oxygens (including phenoxy) is 1. The zero-order valence-electron chi connectivity index (χ0n) is 16.9. The minimum absolute atomic E-state index is 0.0204. The Kier molecular flexibility index (Phi) is 5.25. The number of hydrogen-bond donors (Lipinski definition) is 3.